The molecule has 0 saturated carbocycles. The van der Waals surface area contributed by atoms with Crippen LogP contribution in [0.5, 0.6) is 5.75 Å². The second-order valence-electron chi connectivity index (χ2n) is 15.4. The molecular weight excluding hydrogens is 744 g/mol. The van der Waals surface area contributed by atoms with Crippen molar-refractivity contribution in [2.24, 2.45) is 11.3 Å². The fraction of sp³-hybridized carbons (Fsp3) is 0.513. The zero-order chi connectivity index (χ0) is 41.7. The van der Waals surface area contributed by atoms with E-state index in [-0.39, 0.29) is 54.8 Å². The molecule has 306 valence electrons. The first-order valence-electron chi connectivity index (χ1n) is 17.8. The van der Waals surface area contributed by atoms with E-state index in [1.54, 1.807) is 20.8 Å². The molecule has 56 heavy (non-hydrogen) atoms. The van der Waals surface area contributed by atoms with E-state index in [1.165, 1.54) is 50.8 Å². The van der Waals surface area contributed by atoms with E-state index in [1.807, 2.05) is 0 Å². The lowest BCUT2D eigenvalue weighted by atomic mass is 9.79. The molecule has 1 aliphatic heterocycles. The number of carbonyl (C=O) groups is 4. The monoisotopic (exact) mass is 792 g/mol. The van der Waals surface area contributed by atoms with Gasteiger partial charge in [0.1, 0.15) is 40.8 Å². The maximum absolute atomic E-state index is 16.0. The molecule has 4 rings (SSSR count). The SMILES string of the molecule is COCOc1cc(F)cc(Cn2cc(-c3cc(F)ccc3F)nc2C(N(CC2CN(C(=O)OC(C)(C)C)CC2F)C(=O)C(C)OC(C)=O)C(C)(C)CC(=O)O)c1. The Balaban J connectivity index is 1.96. The molecule has 2 aromatic carbocycles. The first-order chi connectivity index (χ1) is 26.1. The van der Waals surface area contributed by atoms with Crippen LogP contribution in [0.1, 0.15) is 72.3 Å². The van der Waals surface area contributed by atoms with Crippen LogP contribution < -0.4 is 4.74 Å². The highest BCUT2D eigenvalue weighted by atomic mass is 19.1. The number of aliphatic carboxylic acids is 1. The fourth-order valence-corrected chi connectivity index (χ4v) is 6.70. The number of alkyl halides is 1. The molecule has 0 bridgehead atoms. The Bertz CT molecular complexity index is 1910. The number of carbonyl (C=O) groups excluding carboxylic acids is 3. The van der Waals surface area contributed by atoms with Gasteiger partial charge in [-0.05, 0) is 63.6 Å². The number of benzene rings is 2. The zero-order valence-corrected chi connectivity index (χ0v) is 32.6. The number of hydrogen-bond acceptors (Lipinski definition) is 9. The molecular formula is C39H48F4N4O9. The Morgan fingerprint density at radius 2 is 1.71 bits per heavy atom. The van der Waals surface area contributed by atoms with Gasteiger partial charge in [-0.25, -0.2) is 27.3 Å². The maximum Gasteiger partial charge on any atom is 0.410 e. The minimum atomic E-state index is -1.68. The standard InChI is InChI=1S/C39H48F4N4O9/c1-22(55-23(2)48)36(51)47(18-25-17-46(19-31(25)43)37(52)56-38(3,4)5)34(39(6,7)15-33(49)50)35-44-32(29-14-26(40)9-10-30(29)42)20-45(35)16-24-11-27(41)13-28(12-24)54-21-53-8/h9-14,20,22,25,31,34H,15-19,21H2,1-8H3,(H,49,50). The third-order valence-corrected chi connectivity index (χ3v) is 8.96. The number of aromatic nitrogens is 2. The maximum atomic E-state index is 16.0. The van der Waals surface area contributed by atoms with Crippen LogP contribution in [0.15, 0.2) is 42.6 Å². The number of carboxylic acid groups (broad SMARTS) is 1. The normalized spacial score (nSPS) is 17.0. The number of hydrogen-bond donors (Lipinski definition) is 1. The Kier molecular flexibility index (Phi) is 13.8. The molecule has 17 heteroatoms. The molecule has 2 amide bonds. The van der Waals surface area contributed by atoms with Crippen molar-refractivity contribution in [2.45, 2.75) is 85.4 Å². The highest BCUT2D eigenvalue weighted by molar-refractivity contribution is 5.83. The van der Waals surface area contributed by atoms with Crippen LogP contribution in [0, 0.1) is 28.8 Å². The Labute approximate surface area is 322 Å². The number of rotatable bonds is 15. The molecule has 0 spiro atoms. The molecule has 4 unspecified atom stereocenters. The van der Waals surface area contributed by atoms with E-state index in [4.69, 9.17) is 18.9 Å². The topological polar surface area (TPSA) is 150 Å². The van der Waals surface area contributed by atoms with Crippen molar-refractivity contribution >= 4 is 23.9 Å². The summed E-state index contributed by atoms with van der Waals surface area (Å²) < 4.78 is 83.2. The number of methoxy groups -OCH3 is 1. The number of carboxylic acids is 1. The van der Waals surface area contributed by atoms with Gasteiger partial charge in [-0.3, -0.25) is 14.4 Å². The summed E-state index contributed by atoms with van der Waals surface area (Å²) in [5.74, 6) is -6.30. The lowest BCUT2D eigenvalue weighted by molar-refractivity contribution is -0.161. The van der Waals surface area contributed by atoms with Gasteiger partial charge >= 0.3 is 18.0 Å². The summed E-state index contributed by atoms with van der Waals surface area (Å²) in [6.07, 6.45) is -3.18. The first-order valence-corrected chi connectivity index (χ1v) is 17.8. The van der Waals surface area contributed by atoms with Crippen LogP contribution in [0.2, 0.25) is 0 Å². The molecule has 0 radical (unpaired) electrons. The lowest BCUT2D eigenvalue weighted by Gasteiger charge is -2.43. The van der Waals surface area contributed by atoms with E-state index >= 15 is 8.78 Å². The Morgan fingerprint density at radius 1 is 1.02 bits per heavy atom. The van der Waals surface area contributed by atoms with Crippen LogP contribution in [0.4, 0.5) is 22.4 Å². The molecule has 1 aromatic heterocycles. The van der Waals surface area contributed by atoms with Crippen molar-refractivity contribution in [2.75, 3.05) is 33.5 Å². The number of likely N-dealkylation sites (tertiary alicyclic amines) is 1. The highest BCUT2D eigenvalue weighted by Crippen LogP contribution is 2.43. The minimum absolute atomic E-state index is 0.0701. The summed E-state index contributed by atoms with van der Waals surface area (Å²) in [5.41, 5.74) is -2.47. The summed E-state index contributed by atoms with van der Waals surface area (Å²) in [7, 11) is 1.38. The van der Waals surface area contributed by atoms with Gasteiger partial charge in [-0.2, -0.15) is 0 Å². The van der Waals surface area contributed by atoms with Crippen LogP contribution in [-0.2, 0) is 35.1 Å². The van der Waals surface area contributed by atoms with Gasteiger partial charge in [-0.1, -0.05) is 13.8 Å². The number of esters is 1. The molecule has 0 aliphatic carbocycles. The van der Waals surface area contributed by atoms with E-state index in [9.17, 15) is 33.1 Å². The predicted octanol–water partition coefficient (Wildman–Crippen LogP) is 6.53. The van der Waals surface area contributed by atoms with Gasteiger partial charge in [0.2, 0.25) is 0 Å². The van der Waals surface area contributed by atoms with Gasteiger partial charge in [0, 0.05) is 62.8 Å². The van der Waals surface area contributed by atoms with Crippen molar-refractivity contribution in [3.8, 4) is 17.0 Å². The average Bonchev–Trinajstić information content (AvgIpc) is 3.64. The van der Waals surface area contributed by atoms with Crippen molar-refractivity contribution < 1.29 is 60.8 Å². The average molecular weight is 793 g/mol. The van der Waals surface area contributed by atoms with E-state index in [0.717, 1.165) is 41.0 Å². The van der Waals surface area contributed by atoms with Crippen molar-refractivity contribution in [3.05, 3.63) is 71.4 Å². The Hall–Kier alpha value is -5.19. The molecule has 13 nitrogen and oxygen atoms in total. The van der Waals surface area contributed by atoms with Crippen molar-refractivity contribution in [3.63, 3.8) is 0 Å². The van der Waals surface area contributed by atoms with Gasteiger partial charge < -0.3 is 38.4 Å². The molecule has 1 N–H and O–H groups in total. The number of amides is 2. The van der Waals surface area contributed by atoms with Crippen molar-refractivity contribution in [1.82, 2.24) is 19.4 Å². The third-order valence-electron chi connectivity index (χ3n) is 8.96. The fourth-order valence-electron chi connectivity index (χ4n) is 6.70. The second kappa shape index (κ2) is 17.7. The number of halogens is 4. The van der Waals surface area contributed by atoms with Gasteiger partial charge in [0.25, 0.3) is 5.91 Å². The summed E-state index contributed by atoms with van der Waals surface area (Å²) in [6.45, 7) is 8.96. The number of ether oxygens (including phenoxy) is 4. The van der Waals surface area contributed by atoms with Gasteiger partial charge in [0.15, 0.2) is 12.9 Å². The quantitative estimate of drug-likeness (QED) is 0.102. The minimum Gasteiger partial charge on any atom is -0.481 e. The van der Waals surface area contributed by atoms with Crippen LogP contribution in [-0.4, -0.2) is 99.8 Å². The second-order valence-corrected chi connectivity index (χ2v) is 15.4. The molecule has 3 aromatic rings. The number of imidazole rings is 1. The van der Waals surface area contributed by atoms with Crippen LogP contribution in [0.25, 0.3) is 11.3 Å². The summed E-state index contributed by atoms with van der Waals surface area (Å²) in [6, 6.07) is 5.11. The van der Waals surface area contributed by atoms with E-state index in [2.05, 4.69) is 4.98 Å². The van der Waals surface area contributed by atoms with Crippen LogP contribution >= 0.6 is 0 Å². The highest BCUT2D eigenvalue weighted by Gasteiger charge is 2.47. The van der Waals surface area contributed by atoms with Crippen molar-refractivity contribution in [1.29, 1.82) is 0 Å². The molecule has 4 atom stereocenters. The van der Waals surface area contributed by atoms with E-state index in [0.29, 0.717) is 0 Å². The lowest BCUT2D eigenvalue weighted by Crippen LogP contribution is -2.50. The van der Waals surface area contributed by atoms with Gasteiger partial charge in [-0.15, -0.1) is 0 Å². The van der Waals surface area contributed by atoms with Crippen LogP contribution in [0.3, 0.4) is 0 Å². The molecule has 1 aliphatic rings. The predicted molar refractivity (Wildman–Crippen MR) is 193 cm³/mol. The first kappa shape index (κ1) is 43.5. The largest absolute Gasteiger partial charge is 0.481 e. The summed E-state index contributed by atoms with van der Waals surface area (Å²) in [4.78, 5) is 59.0. The molecule has 1 saturated heterocycles. The number of nitrogens with zero attached hydrogens (tertiary/aromatic N) is 4. The Morgan fingerprint density at radius 3 is 2.34 bits per heavy atom. The zero-order valence-electron chi connectivity index (χ0n) is 32.6. The van der Waals surface area contributed by atoms with Gasteiger partial charge in [0.05, 0.1) is 24.7 Å². The summed E-state index contributed by atoms with van der Waals surface area (Å²) >= 11 is 0. The third kappa shape index (κ3) is 11.2. The molecule has 1 fully saturated rings. The summed E-state index contributed by atoms with van der Waals surface area (Å²) in [5, 5.41) is 10.1. The van der Waals surface area contributed by atoms with E-state index < -0.39 is 89.6 Å². The molecule has 2 heterocycles. The smallest absolute Gasteiger partial charge is 0.410 e.